The lowest BCUT2D eigenvalue weighted by Gasteiger charge is -2.35. The highest BCUT2D eigenvalue weighted by Gasteiger charge is 2.36. The van der Waals surface area contributed by atoms with Crippen LogP contribution in [-0.2, 0) is 10.3 Å². The van der Waals surface area contributed by atoms with E-state index in [1.165, 1.54) is 12.8 Å². The number of nitrogens with zero attached hydrogens (tertiary/aromatic N) is 2. The van der Waals surface area contributed by atoms with Crippen LogP contribution in [-0.4, -0.2) is 37.0 Å². The minimum Gasteiger partial charge on any atom is -0.493 e. The number of aliphatic imine (C=N–C) groups is 1. The van der Waals surface area contributed by atoms with Crippen LogP contribution in [0.5, 0.6) is 11.5 Å². The Labute approximate surface area is 205 Å². The minimum atomic E-state index is -0.326. The van der Waals surface area contributed by atoms with Crippen LogP contribution >= 0.6 is 11.3 Å². The predicted octanol–water partition coefficient (Wildman–Crippen LogP) is 5.43. The molecule has 0 atom stereocenters. The van der Waals surface area contributed by atoms with Crippen LogP contribution in [0, 0.1) is 11.8 Å². The summed E-state index contributed by atoms with van der Waals surface area (Å²) in [4.78, 5) is 10.9. The van der Waals surface area contributed by atoms with Gasteiger partial charge in [0.25, 0.3) is 0 Å². The van der Waals surface area contributed by atoms with E-state index in [2.05, 4.69) is 40.4 Å². The number of hydrogen-bond acceptors (Lipinski definition) is 7. The number of hydrogen-bond donors (Lipinski definition) is 1. The van der Waals surface area contributed by atoms with E-state index >= 15 is 0 Å². The highest BCUT2D eigenvalue weighted by atomic mass is 32.1. The van der Waals surface area contributed by atoms with Crippen molar-refractivity contribution in [3.05, 3.63) is 40.1 Å². The molecule has 0 unspecified atom stereocenters. The van der Waals surface area contributed by atoms with E-state index in [-0.39, 0.29) is 17.6 Å². The summed E-state index contributed by atoms with van der Waals surface area (Å²) in [5.74, 6) is 9.31. The van der Waals surface area contributed by atoms with Gasteiger partial charge in [0.1, 0.15) is 6.67 Å². The van der Waals surface area contributed by atoms with Gasteiger partial charge in [-0.3, -0.25) is 0 Å². The van der Waals surface area contributed by atoms with Gasteiger partial charge < -0.3 is 19.4 Å². The number of aliphatic hydroxyl groups excluding tert-OH is 1. The van der Waals surface area contributed by atoms with Crippen molar-refractivity contribution in [2.24, 2.45) is 4.99 Å². The predicted molar refractivity (Wildman–Crippen MR) is 135 cm³/mol. The smallest absolute Gasteiger partial charge is 0.216 e. The Morgan fingerprint density at radius 3 is 2.65 bits per heavy atom. The van der Waals surface area contributed by atoms with Crippen molar-refractivity contribution in [3.8, 4) is 23.3 Å². The molecule has 34 heavy (non-hydrogen) atoms. The van der Waals surface area contributed by atoms with Crippen LogP contribution in [0.2, 0.25) is 0 Å². The third-order valence-electron chi connectivity index (χ3n) is 7.08. The maximum absolute atomic E-state index is 10.2. The summed E-state index contributed by atoms with van der Waals surface area (Å²) >= 11 is 1.61. The summed E-state index contributed by atoms with van der Waals surface area (Å²) in [6, 6.07) is 8.30. The van der Waals surface area contributed by atoms with Gasteiger partial charge in [0.2, 0.25) is 5.90 Å². The van der Waals surface area contributed by atoms with Gasteiger partial charge in [-0.25, -0.2) is 4.99 Å². The van der Waals surface area contributed by atoms with E-state index in [1.54, 1.807) is 23.5 Å². The SMILES string of the molecule is COc1ccc(C2(C#Cc3cc(N4CN=C(C)O4)cs3)CCC(O)CC2)cc1OC1CCCC1. The molecule has 3 aliphatic rings. The first-order chi connectivity index (χ1) is 16.5. The van der Waals surface area contributed by atoms with E-state index in [1.807, 2.05) is 13.0 Å². The Bertz CT molecular complexity index is 1100. The molecule has 0 saturated heterocycles. The first-order valence-corrected chi connectivity index (χ1v) is 13.0. The molecule has 6 nitrogen and oxygen atoms in total. The second-order valence-corrected chi connectivity index (χ2v) is 10.3. The highest BCUT2D eigenvalue weighted by molar-refractivity contribution is 7.11. The van der Waals surface area contributed by atoms with E-state index in [0.29, 0.717) is 12.6 Å². The molecule has 2 heterocycles. The fraction of sp³-hybridized carbons (Fsp3) is 0.519. The molecule has 2 saturated carbocycles. The van der Waals surface area contributed by atoms with Gasteiger partial charge >= 0.3 is 0 Å². The summed E-state index contributed by atoms with van der Waals surface area (Å²) in [5, 5.41) is 14.1. The molecule has 2 aliphatic carbocycles. The number of aliphatic hydroxyl groups is 1. The van der Waals surface area contributed by atoms with Crippen molar-refractivity contribution in [2.45, 2.75) is 75.9 Å². The zero-order chi connectivity index (χ0) is 23.5. The number of rotatable bonds is 5. The number of ether oxygens (including phenoxy) is 2. The standard InChI is InChI=1S/C27H32N2O4S/c1-19-28-18-29(33-19)21-16-24(34-17-21)11-14-27(12-9-22(30)10-13-27)20-7-8-25(31-2)26(15-20)32-23-5-3-4-6-23/h7-8,15-17,22-23,30H,3-6,9-10,12-13,18H2,1-2H3. The topological polar surface area (TPSA) is 63.5 Å². The van der Waals surface area contributed by atoms with Crippen molar-refractivity contribution in [2.75, 3.05) is 18.8 Å². The molecule has 1 aromatic carbocycles. The second kappa shape index (κ2) is 9.89. The van der Waals surface area contributed by atoms with Gasteiger partial charge in [0.15, 0.2) is 11.5 Å². The van der Waals surface area contributed by atoms with Gasteiger partial charge in [-0.2, -0.15) is 5.06 Å². The molecule has 7 heteroatoms. The Hall–Kier alpha value is -2.69. The van der Waals surface area contributed by atoms with Gasteiger partial charge in [0, 0.05) is 12.3 Å². The summed E-state index contributed by atoms with van der Waals surface area (Å²) in [6.45, 7) is 2.36. The molecular formula is C27H32N2O4S. The molecule has 1 aromatic heterocycles. The highest BCUT2D eigenvalue weighted by Crippen LogP contribution is 2.43. The van der Waals surface area contributed by atoms with Gasteiger partial charge in [-0.15, -0.1) is 11.3 Å². The molecule has 2 fully saturated rings. The molecule has 2 aromatic rings. The Balaban J connectivity index is 1.43. The zero-order valence-corrected chi connectivity index (χ0v) is 20.7. The Morgan fingerprint density at radius 1 is 1.15 bits per heavy atom. The van der Waals surface area contributed by atoms with Crippen molar-refractivity contribution >= 4 is 22.9 Å². The first-order valence-electron chi connectivity index (χ1n) is 12.2. The third kappa shape index (κ3) is 4.89. The van der Waals surface area contributed by atoms with Crippen LogP contribution in [0.3, 0.4) is 0 Å². The molecule has 0 bridgehead atoms. The average Bonchev–Trinajstić information content (AvgIpc) is 3.61. The number of benzene rings is 1. The number of hydroxylamine groups is 1. The van der Waals surface area contributed by atoms with Gasteiger partial charge in [-0.05, 0) is 75.1 Å². The van der Waals surface area contributed by atoms with E-state index < -0.39 is 0 Å². The largest absolute Gasteiger partial charge is 0.493 e. The Morgan fingerprint density at radius 2 is 1.94 bits per heavy atom. The fourth-order valence-electron chi connectivity index (χ4n) is 5.05. The number of anilines is 1. The molecule has 1 aliphatic heterocycles. The molecule has 0 amide bonds. The van der Waals surface area contributed by atoms with Gasteiger partial charge in [0.05, 0.1) is 35.3 Å². The monoisotopic (exact) mass is 480 g/mol. The van der Waals surface area contributed by atoms with Crippen LogP contribution in [0.15, 0.2) is 34.6 Å². The number of methoxy groups -OCH3 is 1. The van der Waals surface area contributed by atoms with E-state index in [9.17, 15) is 5.11 Å². The maximum Gasteiger partial charge on any atom is 0.216 e. The molecule has 180 valence electrons. The zero-order valence-electron chi connectivity index (χ0n) is 19.9. The first kappa shape index (κ1) is 23.1. The van der Waals surface area contributed by atoms with Crippen molar-refractivity contribution in [1.29, 1.82) is 0 Å². The van der Waals surface area contributed by atoms with E-state index in [0.717, 1.165) is 66.2 Å². The number of thiophene rings is 1. The van der Waals surface area contributed by atoms with Crippen LogP contribution in [0.25, 0.3) is 0 Å². The molecule has 0 spiro atoms. The lowest BCUT2D eigenvalue weighted by atomic mass is 9.69. The summed E-state index contributed by atoms with van der Waals surface area (Å²) < 4.78 is 12.0. The summed E-state index contributed by atoms with van der Waals surface area (Å²) in [7, 11) is 1.69. The maximum atomic E-state index is 10.2. The van der Waals surface area contributed by atoms with E-state index in [4.69, 9.17) is 14.3 Å². The van der Waals surface area contributed by atoms with Crippen LogP contribution in [0.4, 0.5) is 5.69 Å². The third-order valence-corrected chi connectivity index (χ3v) is 7.92. The average molecular weight is 481 g/mol. The quantitative estimate of drug-likeness (QED) is 0.578. The molecular weight excluding hydrogens is 448 g/mol. The molecule has 5 rings (SSSR count). The van der Waals surface area contributed by atoms with Crippen molar-refractivity contribution < 1.29 is 19.4 Å². The molecule has 1 N–H and O–H groups in total. The Kier molecular flexibility index (Phi) is 6.71. The lowest BCUT2D eigenvalue weighted by molar-refractivity contribution is 0.110. The lowest BCUT2D eigenvalue weighted by Crippen LogP contribution is -2.32. The minimum absolute atomic E-state index is 0.254. The van der Waals surface area contributed by atoms with Gasteiger partial charge in [-0.1, -0.05) is 17.9 Å². The van der Waals surface area contributed by atoms with Crippen LogP contribution < -0.4 is 14.5 Å². The normalized spacial score (nSPS) is 24.9. The van der Waals surface area contributed by atoms with Crippen molar-refractivity contribution in [3.63, 3.8) is 0 Å². The summed E-state index contributed by atoms with van der Waals surface area (Å²) in [6.07, 6.45) is 7.74. The summed E-state index contributed by atoms with van der Waals surface area (Å²) in [5.41, 5.74) is 1.79. The van der Waals surface area contributed by atoms with Crippen LogP contribution in [0.1, 0.15) is 68.7 Å². The molecule has 0 radical (unpaired) electrons. The second-order valence-electron chi connectivity index (χ2n) is 9.41. The fourth-order valence-corrected chi connectivity index (χ4v) is 5.78. The van der Waals surface area contributed by atoms with Crippen molar-refractivity contribution in [1.82, 2.24) is 0 Å².